The fourth-order valence-electron chi connectivity index (χ4n) is 2.37. The number of halogens is 1. The Bertz CT molecular complexity index is 410. The summed E-state index contributed by atoms with van der Waals surface area (Å²) in [7, 11) is 0. The Morgan fingerprint density at radius 3 is 2.25 bits per heavy atom. The van der Waals surface area contributed by atoms with Gasteiger partial charge in [0.15, 0.2) is 0 Å². The highest BCUT2D eigenvalue weighted by Gasteiger charge is 2.64. The van der Waals surface area contributed by atoms with Crippen LogP contribution in [0.4, 0.5) is 11.4 Å². The fourth-order valence-corrected chi connectivity index (χ4v) is 2.73. The van der Waals surface area contributed by atoms with Crippen LogP contribution in [0.25, 0.3) is 0 Å². The van der Waals surface area contributed by atoms with Gasteiger partial charge in [0, 0.05) is 10.5 Å². The van der Waals surface area contributed by atoms with E-state index in [2.05, 4.69) is 48.9 Å². The van der Waals surface area contributed by atoms with Gasteiger partial charge >= 0.3 is 0 Å². The minimum atomic E-state index is 0.321. The van der Waals surface area contributed by atoms with Gasteiger partial charge in [0.25, 0.3) is 0 Å². The van der Waals surface area contributed by atoms with E-state index < -0.39 is 0 Å². The third kappa shape index (κ3) is 1.61. The first-order valence-electron chi connectivity index (χ1n) is 5.58. The molecule has 0 spiro atoms. The maximum atomic E-state index is 5.96. The van der Waals surface area contributed by atoms with Crippen LogP contribution in [-0.4, -0.2) is 6.04 Å². The molecule has 2 rings (SSSR count). The normalized spacial score (nSPS) is 21.8. The van der Waals surface area contributed by atoms with Gasteiger partial charge in [-0.05, 0) is 29.0 Å². The standard InChI is InChI=1S/C13H19BrN2/c1-12(2)11(13(12,3)4)16-10-7-8(14)5-6-9(10)15/h5-7,11,16H,15H2,1-4H3. The average Bonchev–Trinajstić information content (AvgIpc) is 2.54. The topological polar surface area (TPSA) is 38.0 Å². The number of hydrogen-bond donors (Lipinski definition) is 2. The molecule has 3 N–H and O–H groups in total. The second kappa shape index (κ2) is 3.39. The van der Waals surface area contributed by atoms with Crippen LogP contribution in [0.2, 0.25) is 0 Å². The summed E-state index contributed by atoms with van der Waals surface area (Å²) in [6, 6.07) is 6.41. The van der Waals surface area contributed by atoms with Gasteiger partial charge in [-0.15, -0.1) is 0 Å². The van der Waals surface area contributed by atoms with Gasteiger partial charge < -0.3 is 11.1 Å². The second-order valence-electron chi connectivity index (χ2n) is 5.75. The second-order valence-corrected chi connectivity index (χ2v) is 6.67. The van der Waals surface area contributed by atoms with Crippen molar-refractivity contribution in [2.45, 2.75) is 33.7 Å². The predicted molar refractivity (Wildman–Crippen MR) is 73.5 cm³/mol. The van der Waals surface area contributed by atoms with Crippen LogP contribution in [0.5, 0.6) is 0 Å². The van der Waals surface area contributed by atoms with Crippen LogP contribution in [0.3, 0.4) is 0 Å². The first kappa shape index (κ1) is 11.8. The molecule has 0 unspecified atom stereocenters. The molecule has 88 valence electrons. The lowest BCUT2D eigenvalue weighted by Crippen LogP contribution is -2.11. The van der Waals surface area contributed by atoms with E-state index in [0.29, 0.717) is 16.9 Å². The van der Waals surface area contributed by atoms with Gasteiger partial charge in [-0.2, -0.15) is 0 Å². The minimum absolute atomic E-state index is 0.321. The van der Waals surface area contributed by atoms with E-state index >= 15 is 0 Å². The number of anilines is 2. The summed E-state index contributed by atoms with van der Waals surface area (Å²) in [6.07, 6.45) is 0. The maximum Gasteiger partial charge on any atom is 0.0587 e. The van der Waals surface area contributed by atoms with Crippen LogP contribution in [0, 0.1) is 10.8 Å². The van der Waals surface area contributed by atoms with Crippen molar-refractivity contribution in [2.75, 3.05) is 11.1 Å². The number of nitrogens with one attached hydrogen (secondary N) is 1. The van der Waals surface area contributed by atoms with Gasteiger partial charge in [0.2, 0.25) is 0 Å². The SMILES string of the molecule is CC1(C)C(Nc2cc(Br)ccc2N)C1(C)C. The third-order valence-electron chi connectivity index (χ3n) is 4.34. The van der Waals surface area contributed by atoms with Crippen molar-refractivity contribution in [3.8, 4) is 0 Å². The smallest absolute Gasteiger partial charge is 0.0587 e. The summed E-state index contributed by atoms with van der Waals surface area (Å²) in [5, 5.41) is 3.55. The van der Waals surface area contributed by atoms with Crippen LogP contribution in [0.1, 0.15) is 27.7 Å². The molecule has 3 heteroatoms. The van der Waals surface area contributed by atoms with Crippen molar-refractivity contribution in [3.63, 3.8) is 0 Å². The largest absolute Gasteiger partial charge is 0.397 e. The number of benzene rings is 1. The summed E-state index contributed by atoms with van der Waals surface area (Å²) < 4.78 is 1.06. The van der Waals surface area contributed by atoms with Crippen molar-refractivity contribution >= 4 is 27.3 Å². The van der Waals surface area contributed by atoms with Gasteiger partial charge in [0.05, 0.1) is 11.4 Å². The maximum absolute atomic E-state index is 5.96. The molecule has 1 saturated carbocycles. The zero-order valence-corrected chi connectivity index (χ0v) is 11.9. The Labute approximate surface area is 106 Å². The number of nitrogens with two attached hydrogens (primary N) is 1. The highest BCUT2D eigenvalue weighted by molar-refractivity contribution is 9.10. The summed E-state index contributed by atoms with van der Waals surface area (Å²) in [6.45, 7) is 9.16. The van der Waals surface area contributed by atoms with Crippen molar-refractivity contribution in [1.29, 1.82) is 0 Å². The highest BCUT2D eigenvalue weighted by Crippen LogP contribution is 2.63. The number of nitrogen functional groups attached to an aromatic ring is 1. The zero-order valence-electron chi connectivity index (χ0n) is 10.3. The van der Waals surface area contributed by atoms with Crippen LogP contribution in [-0.2, 0) is 0 Å². The molecule has 16 heavy (non-hydrogen) atoms. The van der Waals surface area contributed by atoms with E-state index in [0.717, 1.165) is 15.8 Å². The Kier molecular flexibility index (Phi) is 2.50. The van der Waals surface area contributed by atoms with Crippen LogP contribution < -0.4 is 11.1 Å². The molecule has 1 aromatic rings. The molecule has 0 bridgehead atoms. The van der Waals surface area contributed by atoms with E-state index in [9.17, 15) is 0 Å². The van der Waals surface area contributed by atoms with Crippen LogP contribution >= 0.6 is 15.9 Å². The minimum Gasteiger partial charge on any atom is -0.397 e. The summed E-state index contributed by atoms with van der Waals surface area (Å²) in [5.74, 6) is 0. The van der Waals surface area contributed by atoms with E-state index in [4.69, 9.17) is 5.73 Å². The molecular formula is C13H19BrN2. The van der Waals surface area contributed by atoms with Crippen molar-refractivity contribution in [2.24, 2.45) is 10.8 Å². The molecule has 0 aliphatic heterocycles. The number of rotatable bonds is 2. The lowest BCUT2D eigenvalue weighted by molar-refractivity contribution is 0.457. The highest BCUT2D eigenvalue weighted by atomic mass is 79.9. The van der Waals surface area contributed by atoms with E-state index in [1.54, 1.807) is 0 Å². The first-order chi connectivity index (χ1) is 7.26. The molecular weight excluding hydrogens is 264 g/mol. The first-order valence-corrected chi connectivity index (χ1v) is 6.37. The van der Waals surface area contributed by atoms with E-state index in [1.165, 1.54) is 0 Å². The quantitative estimate of drug-likeness (QED) is 0.808. The average molecular weight is 283 g/mol. The molecule has 0 heterocycles. The Hall–Kier alpha value is -0.700. The summed E-state index contributed by atoms with van der Waals surface area (Å²) in [4.78, 5) is 0. The monoisotopic (exact) mass is 282 g/mol. The molecule has 1 aliphatic carbocycles. The Morgan fingerprint density at radius 2 is 1.75 bits per heavy atom. The number of hydrogen-bond acceptors (Lipinski definition) is 2. The summed E-state index contributed by atoms with van der Waals surface area (Å²) in [5.41, 5.74) is 8.43. The molecule has 1 aliphatic rings. The van der Waals surface area contributed by atoms with Gasteiger partial charge in [-0.1, -0.05) is 43.6 Å². The fraction of sp³-hybridized carbons (Fsp3) is 0.538. The molecule has 0 radical (unpaired) electrons. The molecule has 0 amide bonds. The molecule has 1 aromatic carbocycles. The van der Waals surface area contributed by atoms with Crippen LogP contribution in [0.15, 0.2) is 22.7 Å². The molecule has 2 nitrogen and oxygen atoms in total. The van der Waals surface area contributed by atoms with Gasteiger partial charge in [0.1, 0.15) is 0 Å². The Morgan fingerprint density at radius 1 is 1.19 bits per heavy atom. The lowest BCUT2D eigenvalue weighted by atomic mass is 10.0. The molecule has 0 saturated heterocycles. The molecule has 0 atom stereocenters. The molecule has 0 aromatic heterocycles. The molecule has 1 fully saturated rings. The zero-order chi connectivity index (χ0) is 12.1. The van der Waals surface area contributed by atoms with Crippen molar-refractivity contribution in [1.82, 2.24) is 0 Å². The predicted octanol–water partition coefficient (Wildman–Crippen LogP) is 3.88. The lowest BCUT2D eigenvalue weighted by Gasteiger charge is -2.11. The third-order valence-corrected chi connectivity index (χ3v) is 4.83. The Balaban J connectivity index is 2.21. The van der Waals surface area contributed by atoms with Crippen molar-refractivity contribution < 1.29 is 0 Å². The van der Waals surface area contributed by atoms with Gasteiger partial charge in [-0.3, -0.25) is 0 Å². The summed E-state index contributed by atoms with van der Waals surface area (Å²) >= 11 is 3.47. The van der Waals surface area contributed by atoms with Crippen molar-refractivity contribution in [3.05, 3.63) is 22.7 Å². The van der Waals surface area contributed by atoms with Gasteiger partial charge in [-0.25, -0.2) is 0 Å². The van der Waals surface area contributed by atoms with E-state index in [-0.39, 0.29) is 0 Å². The van der Waals surface area contributed by atoms with E-state index in [1.807, 2.05) is 18.2 Å².